The highest BCUT2D eigenvalue weighted by Gasteiger charge is 2.22. The van der Waals surface area contributed by atoms with Crippen molar-refractivity contribution in [2.24, 2.45) is 0 Å². The minimum atomic E-state index is 0.385. The molecule has 1 N–H and O–H groups in total. The maximum atomic E-state index is 5.41. The molecule has 5 nitrogen and oxygen atoms in total. The molecule has 0 spiro atoms. The first-order valence-electron chi connectivity index (χ1n) is 8.38. The lowest BCUT2D eigenvalue weighted by molar-refractivity contribution is 0.193. The summed E-state index contributed by atoms with van der Waals surface area (Å²) >= 11 is 1.46. The summed E-state index contributed by atoms with van der Waals surface area (Å²) in [5.74, 6) is 1.33. The van der Waals surface area contributed by atoms with Gasteiger partial charge in [0, 0.05) is 49.4 Å². The molecule has 1 fully saturated rings. The van der Waals surface area contributed by atoms with Crippen LogP contribution >= 0.6 is 11.5 Å². The van der Waals surface area contributed by atoms with Gasteiger partial charge in [-0.25, -0.2) is 4.98 Å². The molecule has 3 heterocycles. The number of hydrogen-bond donors (Lipinski definition) is 1. The third-order valence-electron chi connectivity index (χ3n) is 4.60. The van der Waals surface area contributed by atoms with Crippen molar-refractivity contribution in [2.45, 2.75) is 25.2 Å². The smallest absolute Gasteiger partial charge is 0.202 e. The molecule has 4 rings (SSSR count). The second-order valence-electron chi connectivity index (χ2n) is 6.16. The van der Waals surface area contributed by atoms with Crippen molar-refractivity contribution >= 4 is 22.4 Å². The number of aromatic nitrogens is 2. The number of fused-ring (bicyclic) bond motifs is 1. The van der Waals surface area contributed by atoms with E-state index in [1.165, 1.54) is 35.6 Å². The van der Waals surface area contributed by atoms with Gasteiger partial charge >= 0.3 is 0 Å². The molecule has 0 saturated carbocycles. The lowest BCUT2D eigenvalue weighted by atomic mass is 10.0. The molecule has 0 radical (unpaired) electrons. The Kier molecular flexibility index (Phi) is 4.43. The fourth-order valence-electron chi connectivity index (χ4n) is 3.35. The lowest BCUT2D eigenvalue weighted by Gasteiger charge is -2.31. The van der Waals surface area contributed by atoms with Gasteiger partial charge in [0.25, 0.3) is 0 Å². The Morgan fingerprint density at radius 2 is 2.30 bits per heavy atom. The highest BCUT2D eigenvalue weighted by atomic mass is 32.1. The Morgan fingerprint density at radius 1 is 1.35 bits per heavy atom. The number of nitrogens with one attached hydrogen (secondary N) is 1. The molecule has 122 valence electrons. The molecule has 1 aromatic heterocycles. The van der Waals surface area contributed by atoms with E-state index in [9.17, 15) is 0 Å². The molecule has 0 aliphatic carbocycles. The fraction of sp³-hybridized carbons (Fsp3) is 0.529. The van der Waals surface area contributed by atoms with Crippen molar-refractivity contribution in [1.82, 2.24) is 9.36 Å². The van der Waals surface area contributed by atoms with Gasteiger partial charge < -0.3 is 15.0 Å². The second kappa shape index (κ2) is 6.84. The zero-order chi connectivity index (χ0) is 15.5. The lowest BCUT2D eigenvalue weighted by Crippen LogP contribution is -2.33. The average molecular weight is 330 g/mol. The fourth-order valence-corrected chi connectivity index (χ4v) is 4.02. The Balaban J connectivity index is 1.32. The Morgan fingerprint density at radius 3 is 3.22 bits per heavy atom. The standard InChI is InChI=1S/C17H22N4OS/c1-2-6-15-13(4-1)5-3-9-21(15)10-8-18-17-19-16(20-23-17)14-7-11-22-12-14/h1-2,4,6,14H,3,5,7-12H2,(H,18,19,20). The molecule has 23 heavy (non-hydrogen) atoms. The third kappa shape index (κ3) is 3.33. The Bertz CT molecular complexity index is 654. The second-order valence-corrected chi connectivity index (χ2v) is 6.92. The number of anilines is 2. The van der Waals surface area contributed by atoms with Gasteiger partial charge in [-0.05, 0) is 30.9 Å². The number of hydrogen-bond acceptors (Lipinski definition) is 6. The normalized spacial score (nSPS) is 20.5. The van der Waals surface area contributed by atoms with Crippen molar-refractivity contribution in [3.63, 3.8) is 0 Å². The monoisotopic (exact) mass is 330 g/mol. The van der Waals surface area contributed by atoms with E-state index >= 15 is 0 Å². The first kappa shape index (κ1) is 14.9. The van der Waals surface area contributed by atoms with Crippen LogP contribution in [-0.4, -0.2) is 42.2 Å². The maximum Gasteiger partial charge on any atom is 0.202 e. The maximum absolute atomic E-state index is 5.41. The van der Waals surface area contributed by atoms with Crippen LogP contribution in [0.2, 0.25) is 0 Å². The topological polar surface area (TPSA) is 50.3 Å². The molecule has 2 aliphatic rings. The number of nitrogens with zero attached hydrogens (tertiary/aromatic N) is 3. The van der Waals surface area contributed by atoms with E-state index in [1.54, 1.807) is 0 Å². The van der Waals surface area contributed by atoms with Crippen LogP contribution in [0.3, 0.4) is 0 Å². The molecule has 2 aliphatic heterocycles. The van der Waals surface area contributed by atoms with Crippen molar-refractivity contribution in [3.05, 3.63) is 35.7 Å². The van der Waals surface area contributed by atoms with E-state index < -0.39 is 0 Å². The summed E-state index contributed by atoms with van der Waals surface area (Å²) in [5.41, 5.74) is 2.86. The number of para-hydroxylation sites is 1. The minimum absolute atomic E-state index is 0.385. The predicted molar refractivity (Wildman–Crippen MR) is 93.6 cm³/mol. The SMILES string of the molecule is c1ccc2c(c1)CCCN2CCNc1nc(C2CCOC2)ns1. The van der Waals surface area contributed by atoms with Crippen LogP contribution in [0.25, 0.3) is 0 Å². The highest BCUT2D eigenvalue weighted by molar-refractivity contribution is 7.09. The van der Waals surface area contributed by atoms with E-state index in [4.69, 9.17) is 4.74 Å². The molecule has 0 amide bonds. The summed E-state index contributed by atoms with van der Waals surface area (Å²) in [5, 5.41) is 4.36. The van der Waals surface area contributed by atoms with E-state index in [0.29, 0.717) is 5.92 Å². The highest BCUT2D eigenvalue weighted by Crippen LogP contribution is 2.27. The van der Waals surface area contributed by atoms with Gasteiger partial charge in [0.2, 0.25) is 5.13 Å². The first-order chi connectivity index (χ1) is 11.4. The van der Waals surface area contributed by atoms with Gasteiger partial charge in [0.15, 0.2) is 0 Å². The van der Waals surface area contributed by atoms with Gasteiger partial charge in [0.1, 0.15) is 5.82 Å². The summed E-state index contributed by atoms with van der Waals surface area (Å²) in [6, 6.07) is 8.74. The van der Waals surface area contributed by atoms with Gasteiger partial charge in [-0.3, -0.25) is 0 Å². The number of ether oxygens (including phenoxy) is 1. The molecule has 0 bridgehead atoms. The quantitative estimate of drug-likeness (QED) is 0.913. The van der Waals surface area contributed by atoms with E-state index in [1.807, 2.05) is 0 Å². The Labute approximate surface area is 140 Å². The molecule has 1 saturated heterocycles. The van der Waals surface area contributed by atoms with Crippen LogP contribution in [0, 0.1) is 0 Å². The molecule has 2 aromatic rings. The van der Waals surface area contributed by atoms with Crippen LogP contribution < -0.4 is 10.2 Å². The van der Waals surface area contributed by atoms with Gasteiger partial charge in [-0.2, -0.15) is 4.37 Å². The van der Waals surface area contributed by atoms with Crippen LogP contribution in [-0.2, 0) is 11.2 Å². The zero-order valence-electron chi connectivity index (χ0n) is 13.2. The average Bonchev–Trinajstić information content (AvgIpc) is 3.26. The van der Waals surface area contributed by atoms with Gasteiger partial charge in [0.05, 0.1) is 6.61 Å². The van der Waals surface area contributed by atoms with Crippen LogP contribution in [0.4, 0.5) is 10.8 Å². The van der Waals surface area contributed by atoms with E-state index in [2.05, 4.69) is 43.8 Å². The van der Waals surface area contributed by atoms with Crippen LogP contribution in [0.15, 0.2) is 24.3 Å². The molecular formula is C17H22N4OS. The largest absolute Gasteiger partial charge is 0.381 e. The van der Waals surface area contributed by atoms with E-state index in [-0.39, 0.29) is 0 Å². The number of aryl methyl sites for hydroxylation is 1. The summed E-state index contributed by atoms with van der Waals surface area (Å²) in [6.07, 6.45) is 3.48. The molecule has 1 aromatic carbocycles. The number of benzene rings is 1. The van der Waals surface area contributed by atoms with Gasteiger partial charge in [-0.15, -0.1) is 0 Å². The molecule has 1 unspecified atom stereocenters. The first-order valence-corrected chi connectivity index (χ1v) is 9.15. The van der Waals surface area contributed by atoms with Crippen LogP contribution in [0.5, 0.6) is 0 Å². The summed E-state index contributed by atoms with van der Waals surface area (Å²) < 4.78 is 9.89. The molecule has 1 atom stereocenters. The van der Waals surface area contributed by atoms with Crippen molar-refractivity contribution in [2.75, 3.05) is 43.1 Å². The Hall–Kier alpha value is -1.66. The summed E-state index contributed by atoms with van der Waals surface area (Å²) in [7, 11) is 0. The van der Waals surface area contributed by atoms with Crippen molar-refractivity contribution in [1.29, 1.82) is 0 Å². The summed E-state index contributed by atoms with van der Waals surface area (Å²) in [4.78, 5) is 7.09. The number of rotatable bonds is 5. The van der Waals surface area contributed by atoms with Crippen molar-refractivity contribution < 1.29 is 4.74 Å². The van der Waals surface area contributed by atoms with Crippen molar-refractivity contribution in [3.8, 4) is 0 Å². The summed E-state index contributed by atoms with van der Waals surface area (Å²) in [6.45, 7) is 4.63. The zero-order valence-corrected chi connectivity index (χ0v) is 14.0. The molecular weight excluding hydrogens is 308 g/mol. The van der Waals surface area contributed by atoms with Gasteiger partial charge in [-0.1, -0.05) is 18.2 Å². The predicted octanol–water partition coefficient (Wildman–Crippen LogP) is 2.91. The van der Waals surface area contributed by atoms with E-state index in [0.717, 1.165) is 50.2 Å². The van der Waals surface area contributed by atoms with Crippen LogP contribution in [0.1, 0.15) is 30.1 Å². The molecule has 6 heteroatoms. The third-order valence-corrected chi connectivity index (χ3v) is 5.29. The minimum Gasteiger partial charge on any atom is -0.381 e.